The van der Waals surface area contributed by atoms with Crippen molar-refractivity contribution in [2.45, 2.75) is 24.9 Å². The van der Waals surface area contributed by atoms with Crippen LogP contribution in [0, 0.1) is 0 Å². The second kappa shape index (κ2) is 11.1. The van der Waals surface area contributed by atoms with Crippen LogP contribution in [0.4, 0.5) is 0 Å². The number of nitrogens with zero attached hydrogens (tertiary/aromatic N) is 2. The fourth-order valence-corrected chi connectivity index (χ4v) is 4.43. The SMILES string of the molecule is COc1ccc(C(=O)N2CCN(C(=O)c3ccc(OC)cc3)C(C(=O)NC3CCCNC3=O)C2)cc1. The molecule has 2 aromatic carbocycles. The average molecular weight is 495 g/mol. The summed E-state index contributed by atoms with van der Waals surface area (Å²) in [5, 5.41) is 5.54. The third-order valence-corrected chi connectivity index (χ3v) is 6.51. The lowest BCUT2D eigenvalue weighted by molar-refractivity contribution is -0.133. The second-order valence-electron chi connectivity index (χ2n) is 8.72. The van der Waals surface area contributed by atoms with Crippen molar-refractivity contribution < 1.29 is 28.7 Å². The Kier molecular flexibility index (Phi) is 7.72. The molecule has 0 spiro atoms. The van der Waals surface area contributed by atoms with E-state index in [1.807, 2.05) is 0 Å². The van der Waals surface area contributed by atoms with Gasteiger partial charge >= 0.3 is 0 Å². The van der Waals surface area contributed by atoms with Crippen molar-refractivity contribution in [1.29, 1.82) is 0 Å². The van der Waals surface area contributed by atoms with Gasteiger partial charge in [0.2, 0.25) is 11.8 Å². The van der Waals surface area contributed by atoms with E-state index in [-0.39, 0.29) is 37.4 Å². The van der Waals surface area contributed by atoms with Crippen LogP contribution in [0.15, 0.2) is 48.5 Å². The van der Waals surface area contributed by atoms with Crippen molar-refractivity contribution in [3.05, 3.63) is 59.7 Å². The first-order valence-electron chi connectivity index (χ1n) is 11.9. The molecule has 0 aliphatic carbocycles. The van der Waals surface area contributed by atoms with Crippen molar-refractivity contribution in [3.63, 3.8) is 0 Å². The number of nitrogens with one attached hydrogen (secondary N) is 2. The molecule has 190 valence electrons. The summed E-state index contributed by atoms with van der Waals surface area (Å²) >= 11 is 0. The molecule has 0 aromatic heterocycles. The van der Waals surface area contributed by atoms with Gasteiger partial charge in [-0.25, -0.2) is 0 Å². The Morgan fingerprint density at radius 2 is 1.47 bits per heavy atom. The molecule has 2 aromatic rings. The second-order valence-corrected chi connectivity index (χ2v) is 8.72. The fraction of sp³-hybridized carbons (Fsp3) is 0.385. The number of amides is 4. The standard InChI is InChI=1S/C26H30N4O6/c1-35-19-9-5-17(6-10-19)25(33)29-14-15-30(26(34)18-7-11-20(36-2)12-8-18)22(16-29)24(32)28-21-4-3-13-27-23(21)31/h5-12,21-22H,3-4,13-16H2,1-2H3,(H,27,31)(H,28,32). The summed E-state index contributed by atoms with van der Waals surface area (Å²) in [7, 11) is 3.09. The smallest absolute Gasteiger partial charge is 0.254 e. The van der Waals surface area contributed by atoms with Gasteiger partial charge in [0.05, 0.1) is 20.8 Å². The minimum absolute atomic E-state index is 0.00687. The number of benzene rings is 2. The highest BCUT2D eigenvalue weighted by atomic mass is 16.5. The van der Waals surface area contributed by atoms with Crippen LogP contribution in [0.1, 0.15) is 33.6 Å². The highest BCUT2D eigenvalue weighted by molar-refractivity contribution is 6.00. The number of carbonyl (C=O) groups is 4. The first kappa shape index (κ1) is 25.0. The van der Waals surface area contributed by atoms with Gasteiger partial charge in [0, 0.05) is 30.8 Å². The lowest BCUT2D eigenvalue weighted by Crippen LogP contribution is -2.63. The monoisotopic (exact) mass is 494 g/mol. The largest absolute Gasteiger partial charge is 0.497 e. The number of rotatable bonds is 6. The third kappa shape index (κ3) is 5.42. The average Bonchev–Trinajstić information content (AvgIpc) is 2.93. The summed E-state index contributed by atoms with van der Waals surface area (Å²) in [4.78, 5) is 55.2. The van der Waals surface area contributed by atoms with Gasteiger partial charge in [-0.15, -0.1) is 0 Å². The molecular weight excluding hydrogens is 464 g/mol. The zero-order valence-corrected chi connectivity index (χ0v) is 20.4. The Balaban J connectivity index is 1.55. The molecule has 2 aliphatic heterocycles. The van der Waals surface area contributed by atoms with Crippen molar-refractivity contribution >= 4 is 23.6 Å². The first-order valence-corrected chi connectivity index (χ1v) is 11.9. The van der Waals surface area contributed by atoms with Crippen LogP contribution in [0.25, 0.3) is 0 Å². The fourth-order valence-electron chi connectivity index (χ4n) is 4.43. The van der Waals surface area contributed by atoms with E-state index in [1.165, 1.54) is 12.0 Å². The molecule has 36 heavy (non-hydrogen) atoms. The number of piperidine rings is 1. The van der Waals surface area contributed by atoms with Gasteiger partial charge in [-0.2, -0.15) is 0 Å². The Morgan fingerprint density at radius 1 is 0.889 bits per heavy atom. The topological polar surface area (TPSA) is 117 Å². The van der Waals surface area contributed by atoms with Crippen LogP contribution in [-0.2, 0) is 9.59 Å². The molecule has 4 amide bonds. The van der Waals surface area contributed by atoms with Gasteiger partial charge in [0.15, 0.2) is 0 Å². The predicted octanol–water partition coefficient (Wildman–Crippen LogP) is 1.07. The van der Waals surface area contributed by atoms with E-state index in [2.05, 4.69) is 10.6 Å². The number of ether oxygens (including phenoxy) is 2. The Bertz CT molecular complexity index is 1120. The van der Waals surface area contributed by atoms with Crippen LogP contribution in [0.5, 0.6) is 11.5 Å². The highest BCUT2D eigenvalue weighted by Gasteiger charge is 2.39. The van der Waals surface area contributed by atoms with Crippen molar-refractivity contribution in [2.24, 2.45) is 0 Å². The third-order valence-electron chi connectivity index (χ3n) is 6.51. The molecule has 10 nitrogen and oxygen atoms in total. The van der Waals surface area contributed by atoms with Crippen molar-refractivity contribution in [1.82, 2.24) is 20.4 Å². The lowest BCUT2D eigenvalue weighted by Gasteiger charge is -2.41. The van der Waals surface area contributed by atoms with Crippen LogP contribution in [-0.4, -0.2) is 85.9 Å². The molecule has 2 atom stereocenters. The summed E-state index contributed by atoms with van der Waals surface area (Å²) in [6, 6.07) is 11.7. The van der Waals surface area contributed by atoms with Crippen molar-refractivity contribution in [2.75, 3.05) is 40.4 Å². The molecule has 0 bridgehead atoms. The van der Waals surface area contributed by atoms with Gasteiger partial charge in [0.1, 0.15) is 23.6 Å². The van der Waals surface area contributed by atoms with Gasteiger partial charge in [0.25, 0.3) is 11.8 Å². The van der Waals surface area contributed by atoms with Gasteiger partial charge in [-0.1, -0.05) is 0 Å². The van der Waals surface area contributed by atoms with E-state index in [0.29, 0.717) is 35.6 Å². The van der Waals surface area contributed by atoms with E-state index < -0.39 is 18.0 Å². The number of hydrogen-bond donors (Lipinski definition) is 2. The van der Waals surface area contributed by atoms with E-state index in [9.17, 15) is 19.2 Å². The first-order chi connectivity index (χ1) is 17.4. The number of hydrogen-bond acceptors (Lipinski definition) is 6. The van der Waals surface area contributed by atoms with Gasteiger partial charge in [-0.05, 0) is 61.4 Å². The number of carbonyl (C=O) groups excluding carboxylic acids is 4. The maximum Gasteiger partial charge on any atom is 0.254 e. The maximum absolute atomic E-state index is 13.4. The van der Waals surface area contributed by atoms with E-state index >= 15 is 0 Å². The molecule has 4 rings (SSSR count). The molecule has 2 N–H and O–H groups in total. The molecular formula is C26H30N4O6. The molecule has 2 fully saturated rings. The number of piperazine rings is 1. The van der Waals surface area contributed by atoms with Crippen LogP contribution in [0.3, 0.4) is 0 Å². The summed E-state index contributed by atoms with van der Waals surface area (Å²) in [6.07, 6.45) is 1.27. The van der Waals surface area contributed by atoms with Crippen LogP contribution >= 0.6 is 0 Å². The van der Waals surface area contributed by atoms with Crippen molar-refractivity contribution in [3.8, 4) is 11.5 Å². The highest BCUT2D eigenvalue weighted by Crippen LogP contribution is 2.20. The Hall–Kier alpha value is -4.08. The maximum atomic E-state index is 13.4. The quantitative estimate of drug-likeness (QED) is 0.620. The molecule has 0 radical (unpaired) electrons. The Morgan fingerprint density at radius 3 is 2.03 bits per heavy atom. The zero-order chi connectivity index (χ0) is 25.7. The Labute approximate surface area is 209 Å². The van der Waals surface area contributed by atoms with E-state index in [1.54, 1.807) is 60.5 Å². The molecule has 2 unspecified atom stereocenters. The molecule has 2 saturated heterocycles. The lowest BCUT2D eigenvalue weighted by atomic mass is 10.0. The summed E-state index contributed by atoms with van der Waals surface area (Å²) < 4.78 is 10.3. The normalized spacial score (nSPS) is 19.8. The minimum atomic E-state index is -0.953. The van der Waals surface area contributed by atoms with E-state index in [4.69, 9.17) is 9.47 Å². The van der Waals surface area contributed by atoms with Crippen LogP contribution in [0.2, 0.25) is 0 Å². The minimum Gasteiger partial charge on any atom is -0.497 e. The molecule has 2 aliphatic rings. The molecule has 10 heteroatoms. The van der Waals surface area contributed by atoms with Gasteiger partial charge < -0.3 is 29.9 Å². The van der Waals surface area contributed by atoms with Crippen LogP contribution < -0.4 is 20.1 Å². The number of methoxy groups -OCH3 is 2. The summed E-state index contributed by atoms with van der Waals surface area (Å²) in [5.74, 6) is -0.0517. The van der Waals surface area contributed by atoms with Gasteiger partial charge in [-0.3, -0.25) is 19.2 Å². The molecule has 2 heterocycles. The zero-order valence-electron chi connectivity index (χ0n) is 20.4. The predicted molar refractivity (Wildman–Crippen MR) is 131 cm³/mol. The van der Waals surface area contributed by atoms with E-state index in [0.717, 1.165) is 6.42 Å². The molecule has 0 saturated carbocycles. The summed E-state index contributed by atoms with van der Waals surface area (Å²) in [5.41, 5.74) is 0.857. The summed E-state index contributed by atoms with van der Waals surface area (Å²) in [6.45, 7) is 1.01.